The van der Waals surface area contributed by atoms with E-state index in [0.717, 1.165) is 51.4 Å². The van der Waals surface area contributed by atoms with Crippen molar-refractivity contribution in [1.82, 2.24) is 0 Å². The molecule has 0 bridgehead atoms. The fourth-order valence-corrected chi connectivity index (χ4v) is 7.37. The van der Waals surface area contributed by atoms with Crippen LogP contribution in [0.2, 0.25) is 0 Å². The van der Waals surface area contributed by atoms with E-state index < -0.39 is 5.97 Å². The quantitative estimate of drug-likeness (QED) is 0.441. The number of carbonyl (C=O) groups is 2. The normalized spacial score (nSPS) is 45.4. The van der Waals surface area contributed by atoms with Gasteiger partial charge in [0.25, 0.3) is 0 Å². The number of carboxylic acid groups (broad SMARTS) is 1. The molecule has 4 aliphatic carbocycles. The minimum absolute atomic E-state index is 0. The summed E-state index contributed by atoms with van der Waals surface area (Å²) in [6.45, 7) is 6.17. The largest absolute Gasteiger partial charge is 0.481 e. The first-order valence-electron chi connectivity index (χ1n) is 10.4. The van der Waals surface area contributed by atoms with E-state index in [4.69, 9.17) is 4.74 Å². The van der Waals surface area contributed by atoms with Gasteiger partial charge in [-0.3, -0.25) is 9.59 Å². The fraction of sp³-hybridized carbons (Fsp3) is 0.818. The molecule has 1 N–H and O–H groups in total. The number of hydrogen-bond acceptors (Lipinski definition) is 3. The summed E-state index contributed by atoms with van der Waals surface area (Å²) in [6, 6.07) is 0. The minimum Gasteiger partial charge on any atom is -0.481 e. The maximum absolute atomic E-state index is 11.8. The van der Waals surface area contributed by atoms with Gasteiger partial charge in [-0.05, 0) is 73.5 Å². The van der Waals surface area contributed by atoms with Crippen LogP contribution in [0.4, 0.5) is 0 Å². The third kappa shape index (κ3) is 3.34. The van der Waals surface area contributed by atoms with E-state index in [9.17, 15) is 14.7 Å². The molecule has 0 aromatic rings. The molecule has 4 nitrogen and oxygen atoms in total. The molecule has 7 atom stereocenters. The number of ether oxygens (including phenoxy) is 1. The van der Waals surface area contributed by atoms with Crippen molar-refractivity contribution in [3.8, 4) is 0 Å². The van der Waals surface area contributed by atoms with Gasteiger partial charge in [0.1, 0.15) is 6.10 Å². The molecule has 7 unspecified atom stereocenters. The zero-order valence-electron chi connectivity index (χ0n) is 17.3. The first-order valence-corrected chi connectivity index (χ1v) is 10.4. The van der Waals surface area contributed by atoms with E-state index in [1.807, 2.05) is 0 Å². The molecule has 3 fully saturated rings. The van der Waals surface area contributed by atoms with Crippen molar-refractivity contribution in [2.45, 2.75) is 78.2 Å². The summed E-state index contributed by atoms with van der Waals surface area (Å²) in [5.41, 5.74) is 1.68. The van der Waals surface area contributed by atoms with Crippen molar-refractivity contribution in [3.63, 3.8) is 0 Å². The van der Waals surface area contributed by atoms with Gasteiger partial charge in [0.15, 0.2) is 0 Å². The molecule has 4 rings (SSSR count). The number of hydrogen-bond donors (Lipinski definition) is 1. The Morgan fingerprint density at radius 1 is 1.11 bits per heavy atom. The number of carbonyl (C=O) groups excluding carboxylic acids is 1. The number of aliphatic carboxylic acids is 1. The van der Waals surface area contributed by atoms with Crippen LogP contribution in [0.3, 0.4) is 0 Å². The van der Waals surface area contributed by atoms with Crippen molar-refractivity contribution < 1.29 is 19.4 Å². The molecule has 145 valence electrons. The molecule has 0 heterocycles. The molecule has 0 amide bonds. The molecule has 3 saturated carbocycles. The minimum atomic E-state index is -0.589. The third-order valence-electron chi connectivity index (χ3n) is 8.69. The molecular weight excluding hydrogens is 351 g/mol. The number of allylic oxidation sites excluding steroid dienone is 1. The van der Waals surface area contributed by atoms with Crippen LogP contribution in [0.15, 0.2) is 11.6 Å². The SMILES string of the molecule is CC(=O)OC1CCC2(C)C(=CCC3C2CCC2(C)C(C(=O)O)CCC32)C1.[Na]. The Balaban J connectivity index is 0.00000210. The summed E-state index contributed by atoms with van der Waals surface area (Å²) in [6.07, 6.45) is 10.6. The molecule has 0 aliphatic heterocycles. The van der Waals surface area contributed by atoms with Crippen LogP contribution in [0.5, 0.6) is 0 Å². The zero-order valence-corrected chi connectivity index (χ0v) is 19.3. The van der Waals surface area contributed by atoms with Crippen LogP contribution < -0.4 is 0 Å². The van der Waals surface area contributed by atoms with Gasteiger partial charge >= 0.3 is 11.9 Å². The van der Waals surface area contributed by atoms with Crippen LogP contribution in [0.1, 0.15) is 72.1 Å². The maximum Gasteiger partial charge on any atom is 0.307 e. The van der Waals surface area contributed by atoms with Crippen molar-refractivity contribution in [1.29, 1.82) is 0 Å². The standard InChI is InChI=1S/C22H32O4.Na/c1-13(23)26-15-8-10-21(2)14(12-15)4-5-16-17-6-7-19(20(24)25)22(17,3)11-9-18(16)21;/h4,15-19H,5-12H2,1-3H3,(H,24,25);. The fourth-order valence-electron chi connectivity index (χ4n) is 7.37. The summed E-state index contributed by atoms with van der Waals surface area (Å²) in [7, 11) is 0. The molecule has 5 heteroatoms. The average Bonchev–Trinajstić information content (AvgIpc) is 2.92. The van der Waals surface area contributed by atoms with Crippen LogP contribution in [0.25, 0.3) is 0 Å². The topological polar surface area (TPSA) is 63.6 Å². The second-order valence-corrected chi connectivity index (χ2v) is 9.75. The second-order valence-electron chi connectivity index (χ2n) is 9.75. The molecule has 4 aliphatic rings. The smallest absolute Gasteiger partial charge is 0.307 e. The van der Waals surface area contributed by atoms with Gasteiger partial charge in [-0.2, -0.15) is 0 Å². The molecule has 0 aromatic heterocycles. The Hall–Kier alpha value is -0.320. The maximum atomic E-state index is 11.8. The Kier molecular flexibility index (Phi) is 5.94. The Labute approximate surface area is 184 Å². The molecular formula is C22H32NaO4. The van der Waals surface area contributed by atoms with Crippen LogP contribution >= 0.6 is 0 Å². The first-order chi connectivity index (χ1) is 12.3. The third-order valence-corrected chi connectivity index (χ3v) is 8.69. The van der Waals surface area contributed by atoms with Gasteiger partial charge < -0.3 is 9.84 Å². The summed E-state index contributed by atoms with van der Waals surface area (Å²) in [5, 5.41) is 9.70. The van der Waals surface area contributed by atoms with Crippen molar-refractivity contribution in [2.24, 2.45) is 34.5 Å². The van der Waals surface area contributed by atoms with Gasteiger partial charge in [0.05, 0.1) is 5.92 Å². The van der Waals surface area contributed by atoms with E-state index in [1.54, 1.807) is 0 Å². The van der Waals surface area contributed by atoms with Gasteiger partial charge in [0.2, 0.25) is 0 Å². The van der Waals surface area contributed by atoms with Crippen LogP contribution in [0, 0.1) is 34.5 Å². The second kappa shape index (κ2) is 7.50. The molecule has 1 radical (unpaired) electrons. The summed E-state index contributed by atoms with van der Waals surface area (Å²) in [4.78, 5) is 23.1. The summed E-state index contributed by atoms with van der Waals surface area (Å²) < 4.78 is 5.50. The van der Waals surface area contributed by atoms with E-state index in [1.165, 1.54) is 12.5 Å². The van der Waals surface area contributed by atoms with Crippen molar-refractivity contribution in [2.75, 3.05) is 0 Å². The van der Waals surface area contributed by atoms with Crippen molar-refractivity contribution in [3.05, 3.63) is 11.6 Å². The number of carboxylic acids is 1. The van der Waals surface area contributed by atoms with E-state index in [-0.39, 0.29) is 58.4 Å². The van der Waals surface area contributed by atoms with E-state index in [0.29, 0.717) is 17.8 Å². The zero-order chi connectivity index (χ0) is 18.7. The molecule has 0 spiro atoms. The van der Waals surface area contributed by atoms with Crippen molar-refractivity contribution >= 4 is 41.5 Å². The molecule has 0 aromatic carbocycles. The Morgan fingerprint density at radius 3 is 2.52 bits per heavy atom. The van der Waals surface area contributed by atoms with Gasteiger partial charge in [-0.15, -0.1) is 0 Å². The summed E-state index contributed by atoms with van der Waals surface area (Å²) >= 11 is 0. The van der Waals surface area contributed by atoms with Crippen LogP contribution in [-0.2, 0) is 14.3 Å². The first kappa shape index (κ1) is 21.4. The van der Waals surface area contributed by atoms with E-state index in [2.05, 4.69) is 19.9 Å². The Bertz CT molecular complexity index is 659. The van der Waals surface area contributed by atoms with Gasteiger partial charge in [-0.1, -0.05) is 25.5 Å². The number of fused-ring (bicyclic) bond motifs is 5. The van der Waals surface area contributed by atoms with Gasteiger partial charge in [0, 0.05) is 42.9 Å². The number of rotatable bonds is 2. The molecule has 27 heavy (non-hydrogen) atoms. The van der Waals surface area contributed by atoms with E-state index >= 15 is 0 Å². The Morgan fingerprint density at radius 2 is 1.85 bits per heavy atom. The number of esters is 1. The molecule has 0 saturated heterocycles. The monoisotopic (exact) mass is 383 g/mol. The average molecular weight is 383 g/mol. The predicted octanol–water partition coefficient (Wildman–Crippen LogP) is 4.20. The summed E-state index contributed by atoms with van der Waals surface area (Å²) in [5.74, 6) is 0.901. The van der Waals surface area contributed by atoms with Gasteiger partial charge in [-0.25, -0.2) is 0 Å². The van der Waals surface area contributed by atoms with Crippen LogP contribution in [-0.4, -0.2) is 52.7 Å². The predicted molar refractivity (Wildman–Crippen MR) is 104 cm³/mol.